The zero-order valence-electron chi connectivity index (χ0n) is 61.0. The first-order valence-electron chi connectivity index (χ1n) is 34.5. The minimum Gasteiger partial charge on any atom is -0.480 e. The lowest BCUT2D eigenvalue weighted by molar-refractivity contribution is -0.142. The minimum atomic E-state index is -1.39. The number of carboxylic acids is 1. The molecule has 39 heteroatoms. The van der Waals surface area contributed by atoms with Gasteiger partial charge in [0.2, 0.25) is 65.0 Å². The third-order valence-electron chi connectivity index (χ3n) is 16.5. The highest BCUT2D eigenvalue weighted by molar-refractivity contribution is 7.80. The van der Waals surface area contributed by atoms with Crippen LogP contribution in [-0.4, -0.2) is 210 Å². The molecule has 582 valence electrons. The number of carbonyl (C=O) groups excluding carboxylic acids is 11. The summed E-state index contributed by atoms with van der Waals surface area (Å²) in [6.07, 6.45) is 1.65. The van der Waals surface area contributed by atoms with Crippen LogP contribution in [0.1, 0.15) is 154 Å². The van der Waals surface area contributed by atoms with Gasteiger partial charge in [-0.1, -0.05) is 95.9 Å². The fourth-order valence-electron chi connectivity index (χ4n) is 10.0. The Morgan fingerprint density at radius 3 is 0.922 bits per heavy atom. The Hall–Kier alpha value is -8.62. The van der Waals surface area contributed by atoms with Crippen molar-refractivity contribution < 1.29 is 62.6 Å². The van der Waals surface area contributed by atoms with Crippen LogP contribution in [-0.2, 0) is 57.5 Å². The van der Waals surface area contributed by atoms with Crippen LogP contribution in [0.3, 0.4) is 0 Å². The van der Waals surface area contributed by atoms with Crippen molar-refractivity contribution in [2.24, 2.45) is 64.2 Å². The first-order chi connectivity index (χ1) is 47.7. The highest BCUT2D eigenvalue weighted by Gasteiger charge is 2.40. The van der Waals surface area contributed by atoms with Crippen LogP contribution in [0.2, 0.25) is 0 Å². The number of nitrogens with two attached hydrogens (primary N) is 5. The molecule has 0 fully saturated rings. The Morgan fingerprint density at radius 2 is 0.588 bits per heavy atom. The molecule has 0 aliphatic heterocycles. The molecule has 102 heavy (non-hydrogen) atoms. The Kier molecular flexibility index (Phi) is 44.9. The first-order valence-corrected chi connectivity index (χ1v) is 35.8. The van der Waals surface area contributed by atoms with Crippen molar-refractivity contribution in [1.82, 2.24) is 79.8 Å². The number of rotatable bonds is 50. The van der Waals surface area contributed by atoms with Gasteiger partial charge in [-0.15, -0.1) is 0 Å². The number of carbonyl (C=O) groups is 12. The predicted molar refractivity (Wildman–Crippen MR) is 394 cm³/mol. The molecule has 11 amide bonds. The molecular weight excluding hydrogens is 1360 g/mol. The molecule has 0 bridgehead atoms. The van der Waals surface area contributed by atoms with E-state index in [-0.39, 0.29) is 119 Å². The molecule has 30 N–H and O–H groups in total. The van der Waals surface area contributed by atoms with Gasteiger partial charge < -0.3 is 114 Å². The highest BCUT2D eigenvalue weighted by atomic mass is 32.1. The number of nitrogens with one attached hydrogen (secondary N) is 19. The minimum absolute atomic E-state index is 0.0561. The summed E-state index contributed by atoms with van der Waals surface area (Å²) in [7, 11) is 0. The fourth-order valence-corrected chi connectivity index (χ4v) is 10.5. The SMILES string of the molecule is CC[C@H](C)[C@H](NC(=O)[C@H](CCCNC(=N)N)NC(=O)[C@H](CS)NC(=O)[C@H](CC(C)C)NC(=O)[C@@H](N)CCCNC(=N)N)C(=O)N[C@H](C(=O)N[C@H](C(=O)N[C@H](C(=O)N[C@@H](CCCNC(=N)N)C(=O)N[C@H](C(=O)N[C@@H](CS)C(=O)N[C@@H](CCCNC(=N)N)C(=O)O)C(C)C)[C@@H](C)CC)C(C)C)C(C)C. The average Bonchev–Trinajstić information content (AvgIpc) is 0.847. The van der Waals surface area contributed by atoms with E-state index in [0.717, 1.165) is 0 Å². The van der Waals surface area contributed by atoms with Crippen molar-refractivity contribution in [3.05, 3.63) is 0 Å². The maximum absolute atomic E-state index is 14.6. The Balaban J connectivity index is 6.90. The van der Waals surface area contributed by atoms with E-state index in [1.807, 2.05) is 13.8 Å². The highest BCUT2D eigenvalue weighted by Crippen LogP contribution is 2.16. The number of hydrogen-bond donors (Lipinski definition) is 27. The second kappa shape index (κ2) is 49.1. The van der Waals surface area contributed by atoms with E-state index in [1.165, 1.54) is 0 Å². The van der Waals surface area contributed by atoms with Gasteiger partial charge >= 0.3 is 5.97 Å². The summed E-state index contributed by atoms with van der Waals surface area (Å²) in [5.74, 6) is -15.3. The van der Waals surface area contributed by atoms with Gasteiger partial charge in [0.15, 0.2) is 23.8 Å². The van der Waals surface area contributed by atoms with E-state index >= 15 is 0 Å². The summed E-state index contributed by atoms with van der Waals surface area (Å²) in [5.41, 5.74) is 27.7. The molecule has 0 spiro atoms. The fraction of sp³-hybridized carbons (Fsp3) is 0.746. The summed E-state index contributed by atoms with van der Waals surface area (Å²) in [6.45, 7) is 20.9. The zero-order chi connectivity index (χ0) is 78.3. The molecule has 0 aliphatic carbocycles. The van der Waals surface area contributed by atoms with Crippen LogP contribution in [0.5, 0.6) is 0 Å². The third-order valence-corrected chi connectivity index (χ3v) is 17.2. The smallest absolute Gasteiger partial charge is 0.326 e. The van der Waals surface area contributed by atoms with Crippen molar-refractivity contribution >= 4 is 120 Å². The van der Waals surface area contributed by atoms with Gasteiger partial charge in [-0.2, -0.15) is 25.3 Å². The quantitative estimate of drug-likeness (QED) is 0.0119. The molecular formula is C63H120N24O13S2. The van der Waals surface area contributed by atoms with Crippen molar-refractivity contribution in [2.75, 3.05) is 37.7 Å². The summed E-state index contributed by atoms with van der Waals surface area (Å²) < 4.78 is 0. The summed E-state index contributed by atoms with van der Waals surface area (Å²) in [4.78, 5) is 167. The first kappa shape index (κ1) is 93.4. The van der Waals surface area contributed by atoms with Gasteiger partial charge in [0.05, 0.1) is 6.04 Å². The lowest BCUT2D eigenvalue weighted by Gasteiger charge is -2.32. The van der Waals surface area contributed by atoms with Crippen molar-refractivity contribution in [1.29, 1.82) is 21.6 Å². The normalized spacial score (nSPS) is 15.3. The molecule has 0 radical (unpaired) electrons. The van der Waals surface area contributed by atoms with Gasteiger partial charge in [0.1, 0.15) is 66.5 Å². The van der Waals surface area contributed by atoms with E-state index in [9.17, 15) is 62.6 Å². The molecule has 0 unspecified atom stereocenters. The van der Waals surface area contributed by atoms with E-state index in [2.05, 4.69) is 105 Å². The molecule has 0 saturated heterocycles. The van der Waals surface area contributed by atoms with Gasteiger partial charge in [0, 0.05) is 37.7 Å². The summed E-state index contributed by atoms with van der Waals surface area (Å²) >= 11 is 8.52. The van der Waals surface area contributed by atoms with Gasteiger partial charge in [-0.25, -0.2) is 4.79 Å². The molecule has 0 aromatic carbocycles. The van der Waals surface area contributed by atoms with Crippen LogP contribution >= 0.6 is 25.3 Å². The number of aliphatic carboxylic acids is 1. The van der Waals surface area contributed by atoms with Crippen LogP contribution in [0.25, 0.3) is 0 Å². The molecule has 0 aliphatic rings. The molecule has 14 atom stereocenters. The lowest BCUT2D eigenvalue weighted by atomic mass is 9.94. The van der Waals surface area contributed by atoms with Crippen LogP contribution in [0.15, 0.2) is 0 Å². The largest absolute Gasteiger partial charge is 0.480 e. The van der Waals surface area contributed by atoms with E-state index in [1.54, 1.807) is 69.2 Å². The zero-order valence-corrected chi connectivity index (χ0v) is 62.8. The predicted octanol–water partition coefficient (Wildman–Crippen LogP) is -4.25. The molecule has 37 nitrogen and oxygen atoms in total. The van der Waals surface area contributed by atoms with Crippen molar-refractivity contribution in [2.45, 2.75) is 226 Å². The molecule has 0 saturated carbocycles. The standard InChI is InChI=1S/C63H120N24O13S2/c1-13-34(11)46(57(97)78-38(21-17-25-75-62(69)70)49(89)83-43(31(5)6)54(94)82-42(29-102)53(93)79-39(59(99)100)22-18-26-76-63(71)72)87-56(96)45(33(9)10)84-55(95)44(32(7)8)85-58(98)47(35(12)14-2)86-50(90)37(20-16-24-74-61(67)68)77-52(92)41(28-101)81-51(91)40(27-30(3)4)80-48(88)36(64)19-15-23-73-60(65)66/h30-47,101-102H,13-29,64H2,1-12H3,(H,77,92)(H,78,97)(H,79,93)(H,80,88)(H,81,91)(H,82,94)(H,83,89)(H,84,95)(H,85,98)(H,86,90)(H,87,96)(H,99,100)(H4,65,66,73)(H4,67,68,74)(H4,69,70,75)(H4,71,72,76)/t34-,35-,36-,37-,38-,39-,40-,41-,42-,43-,44-,45-,46-,47-/m0/s1. The van der Waals surface area contributed by atoms with E-state index in [4.69, 9.17) is 50.3 Å². The van der Waals surface area contributed by atoms with Crippen molar-refractivity contribution in [3.63, 3.8) is 0 Å². The van der Waals surface area contributed by atoms with Crippen LogP contribution in [0.4, 0.5) is 0 Å². The third kappa shape index (κ3) is 36.3. The topological polar surface area (TPSA) is 631 Å². The van der Waals surface area contributed by atoms with Gasteiger partial charge in [0.25, 0.3) is 0 Å². The molecule has 0 heterocycles. The maximum Gasteiger partial charge on any atom is 0.326 e. The number of carboxylic acid groups (broad SMARTS) is 1. The second-order valence-corrected chi connectivity index (χ2v) is 27.4. The number of amides is 11. The molecule has 0 rings (SSSR count). The van der Waals surface area contributed by atoms with Crippen LogP contribution < -0.4 is 108 Å². The Morgan fingerprint density at radius 1 is 0.343 bits per heavy atom. The van der Waals surface area contributed by atoms with Crippen LogP contribution in [0, 0.1) is 57.1 Å². The molecule has 0 aromatic heterocycles. The lowest BCUT2D eigenvalue weighted by Crippen LogP contribution is -2.63. The van der Waals surface area contributed by atoms with Gasteiger partial charge in [-0.05, 0) is 93.3 Å². The second-order valence-electron chi connectivity index (χ2n) is 26.7. The van der Waals surface area contributed by atoms with Crippen molar-refractivity contribution in [3.8, 4) is 0 Å². The number of thiol groups is 2. The monoisotopic (exact) mass is 1480 g/mol. The number of guanidine groups is 4. The molecule has 0 aromatic rings. The Labute approximate surface area is 609 Å². The Bertz CT molecular complexity index is 2800. The van der Waals surface area contributed by atoms with Gasteiger partial charge in [-0.3, -0.25) is 74.4 Å². The maximum atomic E-state index is 14.6. The van der Waals surface area contributed by atoms with E-state index < -0.39 is 173 Å². The van der Waals surface area contributed by atoms with E-state index in [0.29, 0.717) is 19.3 Å². The summed E-state index contributed by atoms with van der Waals surface area (Å²) in [6, 6.07) is -15.8. The summed E-state index contributed by atoms with van der Waals surface area (Å²) in [5, 5.41) is 79.2. The number of hydrogen-bond acceptors (Lipinski definition) is 19. The average molecular weight is 1490 g/mol.